The van der Waals surface area contributed by atoms with Crippen LogP contribution in [-0.2, 0) is 19.5 Å². The van der Waals surface area contributed by atoms with E-state index < -0.39 is 0 Å². The van der Waals surface area contributed by atoms with Crippen molar-refractivity contribution in [2.24, 2.45) is 0 Å². The van der Waals surface area contributed by atoms with E-state index in [2.05, 4.69) is 20.5 Å². The second-order valence-corrected chi connectivity index (χ2v) is 7.09. The highest BCUT2D eigenvalue weighted by Crippen LogP contribution is 2.12. The van der Waals surface area contributed by atoms with Crippen molar-refractivity contribution in [3.05, 3.63) is 75.2 Å². The standard InChI is InChI=1S/C20H20N6O3S/c1-2-25-12-22-24-17(25)7-8-21-18(27)13-5-6-15-16(10-13)23-20(30)26(19(15)28)11-14-4-3-9-29-14/h3-6,9-10,12H,2,7-8,11H2,1H3,(H,21,27)(H,23,30). The van der Waals surface area contributed by atoms with Gasteiger partial charge in [-0.2, -0.15) is 0 Å². The molecule has 4 rings (SSSR count). The largest absolute Gasteiger partial charge is 0.467 e. The molecule has 3 heterocycles. The molecule has 30 heavy (non-hydrogen) atoms. The van der Waals surface area contributed by atoms with Crippen molar-refractivity contribution >= 4 is 29.0 Å². The molecule has 0 atom stereocenters. The average molecular weight is 424 g/mol. The Bertz CT molecular complexity index is 1300. The number of amides is 1. The molecule has 1 aromatic carbocycles. The molecular weight excluding hydrogens is 404 g/mol. The van der Waals surface area contributed by atoms with Crippen molar-refractivity contribution in [3.8, 4) is 0 Å². The van der Waals surface area contributed by atoms with Gasteiger partial charge in [0.15, 0.2) is 4.77 Å². The number of carbonyl (C=O) groups excluding carboxylic acids is 1. The maximum Gasteiger partial charge on any atom is 0.262 e. The van der Waals surface area contributed by atoms with Crippen LogP contribution in [0.1, 0.15) is 28.9 Å². The highest BCUT2D eigenvalue weighted by Gasteiger charge is 2.12. The Morgan fingerprint density at radius 2 is 2.20 bits per heavy atom. The predicted molar refractivity (Wildman–Crippen MR) is 113 cm³/mol. The van der Waals surface area contributed by atoms with Gasteiger partial charge in [0.25, 0.3) is 11.5 Å². The topological polar surface area (TPSA) is 111 Å². The van der Waals surface area contributed by atoms with E-state index >= 15 is 0 Å². The zero-order chi connectivity index (χ0) is 21.1. The summed E-state index contributed by atoms with van der Waals surface area (Å²) >= 11 is 5.34. The molecule has 0 aliphatic carbocycles. The summed E-state index contributed by atoms with van der Waals surface area (Å²) < 4.78 is 8.93. The minimum Gasteiger partial charge on any atom is -0.467 e. The smallest absolute Gasteiger partial charge is 0.262 e. The summed E-state index contributed by atoms with van der Waals surface area (Å²) in [6.07, 6.45) is 3.79. The van der Waals surface area contributed by atoms with Gasteiger partial charge in [-0.1, -0.05) is 0 Å². The van der Waals surface area contributed by atoms with Crippen LogP contribution in [0.2, 0.25) is 0 Å². The molecule has 0 saturated carbocycles. The first-order valence-electron chi connectivity index (χ1n) is 9.51. The lowest BCUT2D eigenvalue weighted by molar-refractivity contribution is 0.0954. The first-order chi connectivity index (χ1) is 14.6. The molecule has 0 saturated heterocycles. The summed E-state index contributed by atoms with van der Waals surface area (Å²) in [5.74, 6) is 1.21. The lowest BCUT2D eigenvalue weighted by Crippen LogP contribution is -2.27. The van der Waals surface area contributed by atoms with Crippen LogP contribution in [0.4, 0.5) is 0 Å². The Hall–Kier alpha value is -3.53. The van der Waals surface area contributed by atoms with Gasteiger partial charge in [-0.25, -0.2) is 0 Å². The van der Waals surface area contributed by atoms with Crippen LogP contribution < -0.4 is 10.9 Å². The van der Waals surface area contributed by atoms with Crippen LogP contribution in [0.15, 0.2) is 52.1 Å². The van der Waals surface area contributed by atoms with Gasteiger partial charge in [0.1, 0.15) is 17.9 Å². The van der Waals surface area contributed by atoms with Crippen LogP contribution >= 0.6 is 12.2 Å². The number of hydrogen-bond acceptors (Lipinski definition) is 6. The van der Waals surface area contributed by atoms with Gasteiger partial charge in [0.2, 0.25) is 0 Å². The molecule has 0 radical (unpaired) electrons. The number of aryl methyl sites for hydroxylation is 1. The fourth-order valence-electron chi connectivity index (χ4n) is 3.22. The second kappa shape index (κ2) is 8.46. The maximum atomic E-state index is 12.8. The summed E-state index contributed by atoms with van der Waals surface area (Å²) in [6, 6.07) is 8.42. The molecule has 0 bridgehead atoms. The van der Waals surface area contributed by atoms with Crippen LogP contribution in [-0.4, -0.2) is 36.8 Å². The van der Waals surface area contributed by atoms with Crippen molar-refractivity contribution in [2.45, 2.75) is 26.4 Å². The predicted octanol–water partition coefficient (Wildman–Crippen LogP) is 2.28. The van der Waals surface area contributed by atoms with Crippen LogP contribution in [0.3, 0.4) is 0 Å². The first-order valence-corrected chi connectivity index (χ1v) is 9.91. The zero-order valence-electron chi connectivity index (χ0n) is 16.3. The Morgan fingerprint density at radius 3 is 2.97 bits per heavy atom. The van der Waals surface area contributed by atoms with Crippen molar-refractivity contribution in [2.75, 3.05) is 6.54 Å². The number of carbonyl (C=O) groups is 1. The average Bonchev–Trinajstić information content (AvgIpc) is 3.42. The summed E-state index contributed by atoms with van der Waals surface area (Å²) in [5, 5.41) is 11.2. The molecule has 10 heteroatoms. The van der Waals surface area contributed by atoms with E-state index in [0.717, 1.165) is 12.4 Å². The van der Waals surface area contributed by atoms with Gasteiger partial charge < -0.3 is 19.3 Å². The molecule has 3 aromatic heterocycles. The third-order valence-electron chi connectivity index (χ3n) is 4.81. The van der Waals surface area contributed by atoms with Crippen molar-refractivity contribution < 1.29 is 9.21 Å². The van der Waals surface area contributed by atoms with E-state index in [1.54, 1.807) is 42.9 Å². The molecule has 154 valence electrons. The fraction of sp³-hybridized carbons (Fsp3) is 0.250. The minimum atomic E-state index is -0.240. The third-order valence-corrected chi connectivity index (χ3v) is 5.13. The molecule has 1 amide bonds. The number of benzene rings is 1. The second-order valence-electron chi connectivity index (χ2n) is 6.70. The number of aromatic nitrogens is 5. The molecule has 0 fully saturated rings. The van der Waals surface area contributed by atoms with Gasteiger partial charge in [0, 0.05) is 25.1 Å². The number of furan rings is 1. The summed E-state index contributed by atoms with van der Waals surface area (Å²) in [5.41, 5.74) is 0.711. The third kappa shape index (κ3) is 3.94. The molecule has 4 aromatic rings. The number of fused-ring (bicyclic) bond motifs is 1. The van der Waals surface area contributed by atoms with E-state index in [1.807, 2.05) is 11.5 Å². The van der Waals surface area contributed by atoms with E-state index in [-0.39, 0.29) is 22.8 Å². The number of nitrogens with zero attached hydrogens (tertiary/aromatic N) is 4. The van der Waals surface area contributed by atoms with Crippen molar-refractivity contribution in [1.29, 1.82) is 0 Å². The van der Waals surface area contributed by atoms with E-state index in [9.17, 15) is 9.59 Å². The Morgan fingerprint density at radius 1 is 1.33 bits per heavy atom. The lowest BCUT2D eigenvalue weighted by atomic mass is 10.1. The first kappa shape index (κ1) is 19.8. The van der Waals surface area contributed by atoms with Crippen LogP contribution in [0.5, 0.6) is 0 Å². The zero-order valence-corrected chi connectivity index (χ0v) is 17.1. The maximum absolute atomic E-state index is 12.8. The number of hydrogen-bond donors (Lipinski definition) is 2. The molecule has 0 spiro atoms. The number of nitrogens with one attached hydrogen (secondary N) is 2. The fourth-order valence-corrected chi connectivity index (χ4v) is 3.48. The minimum absolute atomic E-state index is 0.237. The quantitative estimate of drug-likeness (QED) is 0.441. The number of rotatable bonds is 7. The summed E-state index contributed by atoms with van der Waals surface area (Å²) in [4.78, 5) is 28.4. The van der Waals surface area contributed by atoms with Gasteiger partial charge in [-0.05, 0) is 49.5 Å². The monoisotopic (exact) mass is 424 g/mol. The van der Waals surface area contributed by atoms with E-state index in [4.69, 9.17) is 16.6 Å². The SMILES string of the molecule is CCn1cnnc1CCNC(=O)c1ccc2c(=O)n(Cc3ccco3)c(=S)[nH]c2c1. The van der Waals surface area contributed by atoms with Crippen molar-refractivity contribution in [1.82, 2.24) is 29.6 Å². The Balaban J connectivity index is 1.52. The van der Waals surface area contributed by atoms with E-state index in [0.29, 0.717) is 35.2 Å². The van der Waals surface area contributed by atoms with Gasteiger partial charge in [-0.3, -0.25) is 14.2 Å². The van der Waals surface area contributed by atoms with Crippen LogP contribution in [0.25, 0.3) is 10.9 Å². The number of aromatic amines is 1. The van der Waals surface area contributed by atoms with Gasteiger partial charge >= 0.3 is 0 Å². The molecule has 0 unspecified atom stereocenters. The van der Waals surface area contributed by atoms with Gasteiger partial charge in [-0.15, -0.1) is 10.2 Å². The van der Waals surface area contributed by atoms with Crippen molar-refractivity contribution in [3.63, 3.8) is 0 Å². The van der Waals surface area contributed by atoms with Gasteiger partial charge in [0.05, 0.1) is 23.7 Å². The summed E-state index contributed by atoms with van der Waals surface area (Å²) in [7, 11) is 0. The lowest BCUT2D eigenvalue weighted by Gasteiger charge is -2.09. The summed E-state index contributed by atoms with van der Waals surface area (Å²) in [6.45, 7) is 3.45. The van der Waals surface area contributed by atoms with Crippen LogP contribution in [0, 0.1) is 4.77 Å². The highest BCUT2D eigenvalue weighted by molar-refractivity contribution is 7.71. The molecule has 0 aliphatic rings. The highest BCUT2D eigenvalue weighted by atomic mass is 32.1. The molecular formula is C20H20N6O3S. The Kier molecular flexibility index (Phi) is 5.57. The molecule has 9 nitrogen and oxygen atoms in total. The normalized spacial score (nSPS) is 11.1. The molecule has 0 aliphatic heterocycles. The van der Waals surface area contributed by atoms with E-state index in [1.165, 1.54) is 4.57 Å². The molecule has 2 N–H and O–H groups in total. The number of H-pyrrole nitrogens is 1. The Labute approximate surface area is 176 Å².